The second-order valence-electron chi connectivity index (χ2n) is 4.49. The molecule has 0 radical (unpaired) electrons. The van der Waals surface area contributed by atoms with Crippen molar-refractivity contribution >= 4 is 28.3 Å². The third-order valence-corrected chi connectivity index (χ3v) is 4.52. The number of hydrogen-bond donors (Lipinski definition) is 0. The summed E-state index contributed by atoms with van der Waals surface area (Å²) in [5.74, 6) is 0. The van der Waals surface area contributed by atoms with Crippen LogP contribution in [0.5, 0.6) is 0 Å². The van der Waals surface area contributed by atoms with Crippen LogP contribution in [0.15, 0.2) is 60.7 Å². The Balaban J connectivity index is 2.27. The number of quaternary nitrogens is 1. The van der Waals surface area contributed by atoms with Crippen LogP contribution in [0.3, 0.4) is 0 Å². The van der Waals surface area contributed by atoms with E-state index in [1.807, 2.05) is 0 Å². The molecule has 17 heavy (non-hydrogen) atoms. The molecule has 0 fully saturated rings. The fourth-order valence-corrected chi connectivity index (χ4v) is 2.61. The topological polar surface area (TPSA) is 0 Å². The van der Waals surface area contributed by atoms with Gasteiger partial charge in [-0.2, -0.15) is 0 Å². The zero-order valence-corrected chi connectivity index (χ0v) is 12.2. The molecule has 0 amide bonds. The predicted molar refractivity (Wildman–Crippen MR) is 83.2 cm³/mol. The molecule has 0 N–H and O–H groups in total. The van der Waals surface area contributed by atoms with E-state index in [0.29, 0.717) is 0 Å². The normalized spacial score (nSPS) is 14.2. The van der Waals surface area contributed by atoms with E-state index in [0.717, 1.165) is 15.6 Å². The van der Waals surface area contributed by atoms with E-state index in [1.54, 1.807) is 0 Å². The molecule has 88 valence electrons. The molecule has 0 bridgehead atoms. The zero-order chi connectivity index (χ0) is 12.1. The van der Waals surface area contributed by atoms with Crippen molar-refractivity contribution < 1.29 is 0 Å². The van der Waals surface area contributed by atoms with Crippen molar-refractivity contribution in [3.05, 3.63) is 66.2 Å². The van der Waals surface area contributed by atoms with Crippen molar-refractivity contribution in [3.8, 4) is 0 Å². The second kappa shape index (κ2) is 5.65. The first kappa shape index (κ1) is 12.6. The molecule has 1 unspecified atom stereocenters. The number of para-hydroxylation sites is 1. The molecule has 2 heteroatoms. The Bertz CT molecular complexity index is 455. The molecule has 0 aliphatic heterocycles. The van der Waals surface area contributed by atoms with E-state index in [1.165, 1.54) is 11.3 Å². The maximum Gasteiger partial charge on any atom is 0.134 e. The first-order valence-electron chi connectivity index (χ1n) is 5.75. The molecule has 2 aromatic rings. The highest BCUT2D eigenvalue weighted by atomic mass is 127. The Hall–Kier alpha value is -0.870. The van der Waals surface area contributed by atoms with Crippen molar-refractivity contribution in [2.75, 3.05) is 11.6 Å². The standard InChI is InChI=1S/C15H17IN/c1-17(13-16,15-10-6-3-7-11-15)12-14-8-4-2-5-9-14/h2-11H,12-13H2,1H3/q+1. The van der Waals surface area contributed by atoms with Crippen molar-refractivity contribution in [1.82, 2.24) is 4.48 Å². The van der Waals surface area contributed by atoms with Crippen LogP contribution in [0, 0.1) is 0 Å². The van der Waals surface area contributed by atoms with Crippen LogP contribution in [0.1, 0.15) is 5.56 Å². The van der Waals surface area contributed by atoms with Gasteiger partial charge in [0.2, 0.25) is 0 Å². The number of benzene rings is 2. The SMILES string of the molecule is C[N+](CI)(Cc1ccccc1)c1ccccc1. The van der Waals surface area contributed by atoms with Crippen molar-refractivity contribution in [2.45, 2.75) is 6.54 Å². The van der Waals surface area contributed by atoms with Crippen LogP contribution in [0.2, 0.25) is 0 Å². The summed E-state index contributed by atoms with van der Waals surface area (Å²) in [4.78, 5) is 0. The number of halogens is 1. The summed E-state index contributed by atoms with van der Waals surface area (Å²) in [7, 11) is 2.29. The lowest BCUT2D eigenvalue weighted by Gasteiger charge is -2.32. The molecule has 0 saturated heterocycles. The minimum atomic E-state index is 0.936. The fourth-order valence-electron chi connectivity index (χ4n) is 1.98. The average molecular weight is 338 g/mol. The summed E-state index contributed by atoms with van der Waals surface area (Å²) in [5, 5.41) is 0. The third kappa shape index (κ3) is 3.07. The minimum Gasteiger partial charge on any atom is -0.282 e. The van der Waals surface area contributed by atoms with Crippen LogP contribution in [-0.2, 0) is 6.54 Å². The molecule has 1 nitrogen and oxygen atoms in total. The lowest BCUT2D eigenvalue weighted by molar-refractivity contribution is 0.385. The van der Waals surface area contributed by atoms with E-state index in [4.69, 9.17) is 0 Å². The predicted octanol–water partition coefficient (Wildman–Crippen LogP) is 4.22. The summed E-state index contributed by atoms with van der Waals surface area (Å²) in [6, 6.07) is 21.4. The molecule has 0 heterocycles. The van der Waals surface area contributed by atoms with Crippen LogP contribution in [0.25, 0.3) is 0 Å². The molecular weight excluding hydrogens is 321 g/mol. The molecule has 0 aliphatic rings. The van der Waals surface area contributed by atoms with E-state index >= 15 is 0 Å². The largest absolute Gasteiger partial charge is 0.282 e. The monoisotopic (exact) mass is 338 g/mol. The molecule has 2 rings (SSSR count). The minimum absolute atomic E-state index is 0.936. The number of hydrogen-bond acceptors (Lipinski definition) is 0. The number of nitrogens with zero attached hydrogens (tertiary/aromatic N) is 1. The summed E-state index contributed by atoms with van der Waals surface area (Å²) >= 11 is 2.47. The first-order chi connectivity index (χ1) is 8.24. The van der Waals surface area contributed by atoms with Crippen LogP contribution in [-0.4, -0.2) is 11.6 Å². The summed E-state index contributed by atoms with van der Waals surface area (Å²) in [6.45, 7) is 1.04. The highest BCUT2D eigenvalue weighted by Gasteiger charge is 2.23. The maximum atomic E-state index is 2.47. The Kier molecular flexibility index (Phi) is 4.18. The van der Waals surface area contributed by atoms with E-state index < -0.39 is 0 Å². The summed E-state index contributed by atoms with van der Waals surface area (Å²) in [5.41, 5.74) is 2.75. The molecule has 1 atom stereocenters. The van der Waals surface area contributed by atoms with E-state index in [9.17, 15) is 0 Å². The lowest BCUT2D eigenvalue weighted by Crippen LogP contribution is -2.42. The zero-order valence-electron chi connectivity index (χ0n) is 10.0. The average Bonchev–Trinajstić information content (AvgIpc) is 2.41. The number of alkyl halides is 1. The smallest absolute Gasteiger partial charge is 0.134 e. The molecule has 2 aromatic carbocycles. The van der Waals surface area contributed by atoms with Gasteiger partial charge in [0.15, 0.2) is 0 Å². The molecule has 0 saturated carbocycles. The van der Waals surface area contributed by atoms with Gasteiger partial charge >= 0.3 is 0 Å². The van der Waals surface area contributed by atoms with Crippen molar-refractivity contribution in [2.24, 2.45) is 0 Å². The third-order valence-electron chi connectivity index (χ3n) is 3.02. The van der Waals surface area contributed by atoms with Crippen molar-refractivity contribution in [3.63, 3.8) is 0 Å². The van der Waals surface area contributed by atoms with E-state index in [-0.39, 0.29) is 0 Å². The lowest BCUT2D eigenvalue weighted by atomic mass is 10.2. The molecule has 0 aromatic heterocycles. The van der Waals surface area contributed by atoms with Gasteiger partial charge in [-0.15, -0.1) is 0 Å². The Morgan fingerprint density at radius 1 is 0.882 bits per heavy atom. The second-order valence-corrected chi connectivity index (χ2v) is 5.18. The Labute approximate surface area is 117 Å². The van der Waals surface area contributed by atoms with Gasteiger partial charge in [0.05, 0.1) is 7.05 Å². The van der Waals surface area contributed by atoms with Crippen LogP contribution in [0.4, 0.5) is 5.69 Å². The highest BCUT2D eigenvalue weighted by Crippen LogP contribution is 2.25. The molecular formula is C15H17IN+. The first-order valence-corrected chi connectivity index (χ1v) is 7.27. The summed E-state index contributed by atoms with van der Waals surface area (Å²) in [6.07, 6.45) is 0. The number of rotatable bonds is 4. The highest BCUT2D eigenvalue weighted by molar-refractivity contribution is 14.1. The summed E-state index contributed by atoms with van der Waals surface area (Å²) < 4.78 is 2.00. The van der Waals surface area contributed by atoms with Gasteiger partial charge < -0.3 is 0 Å². The van der Waals surface area contributed by atoms with Gasteiger partial charge in [-0.25, -0.2) is 0 Å². The quantitative estimate of drug-likeness (QED) is 0.339. The van der Waals surface area contributed by atoms with Gasteiger partial charge in [-0.05, 0) is 34.7 Å². The van der Waals surface area contributed by atoms with Gasteiger partial charge in [-0.1, -0.05) is 48.5 Å². The van der Waals surface area contributed by atoms with E-state index in [2.05, 4.69) is 90.3 Å². The fraction of sp³-hybridized carbons (Fsp3) is 0.200. The molecule has 0 spiro atoms. The maximum absolute atomic E-state index is 2.47. The Morgan fingerprint density at radius 3 is 1.94 bits per heavy atom. The molecule has 0 aliphatic carbocycles. The van der Waals surface area contributed by atoms with Crippen molar-refractivity contribution in [1.29, 1.82) is 0 Å². The van der Waals surface area contributed by atoms with Crippen LogP contribution < -0.4 is 4.48 Å². The van der Waals surface area contributed by atoms with Gasteiger partial charge in [0, 0.05) is 5.56 Å². The van der Waals surface area contributed by atoms with Crippen LogP contribution >= 0.6 is 22.6 Å². The van der Waals surface area contributed by atoms with Gasteiger partial charge in [0.1, 0.15) is 16.8 Å². The van der Waals surface area contributed by atoms with Gasteiger partial charge in [0.25, 0.3) is 0 Å². The Morgan fingerprint density at radius 2 is 1.41 bits per heavy atom. The van der Waals surface area contributed by atoms with Gasteiger partial charge in [-0.3, -0.25) is 4.48 Å².